The van der Waals surface area contributed by atoms with E-state index in [1.54, 1.807) is 0 Å². The smallest absolute Gasteiger partial charge is 0.220 e. The second-order valence-electron chi connectivity index (χ2n) is 8.27. The van der Waals surface area contributed by atoms with Crippen LogP contribution in [-0.4, -0.2) is 61.1 Å². The normalized spacial score (nSPS) is 26.0. The number of anilines is 1. The molecule has 3 aliphatic rings. The Morgan fingerprint density at radius 2 is 1.76 bits per heavy atom. The van der Waals surface area contributed by atoms with Crippen molar-refractivity contribution < 1.29 is 4.79 Å². The van der Waals surface area contributed by atoms with Gasteiger partial charge in [-0.25, -0.2) is 4.98 Å². The van der Waals surface area contributed by atoms with E-state index in [4.69, 9.17) is 0 Å². The summed E-state index contributed by atoms with van der Waals surface area (Å²) in [6.45, 7) is 4.79. The number of hydrogen-bond donors (Lipinski definition) is 2. The topological polar surface area (TPSA) is 60.5 Å². The fourth-order valence-electron chi connectivity index (χ4n) is 4.62. The van der Waals surface area contributed by atoms with Crippen LogP contribution in [0.4, 0.5) is 5.82 Å². The van der Waals surface area contributed by atoms with Crippen molar-refractivity contribution in [1.29, 1.82) is 0 Å². The summed E-state index contributed by atoms with van der Waals surface area (Å²) >= 11 is 0. The van der Waals surface area contributed by atoms with E-state index in [0.29, 0.717) is 31.0 Å². The van der Waals surface area contributed by atoms with Crippen LogP contribution in [-0.2, 0) is 11.3 Å². The zero-order valence-corrected chi connectivity index (χ0v) is 19.5. The molecule has 4 rings (SSSR count). The molecule has 2 unspecified atom stereocenters. The van der Waals surface area contributed by atoms with Gasteiger partial charge in [-0.3, -0.25) is 4.79 Å². The molecular weight excluding hydrogens is 433 g/mol. The first-order valence-corrected chi connectivity index (χ1v) is 10.1. The van der Waals surface area contributed by atoms with Crippen LogP contribution in [0, 0.1) is 5.92 Å². The van der Waals surface area contributed by atoms with E-state index in [1.165, 1.54) is 12.8 Å². The third kappa shape index (κ3) is 7.14. The van der Waals surface area contributed by atoms with Gasteiger partial charge in [0.2, 0.25) is 5.91 Å². The monoisotopic (exact) mass is 465 g/mol. The highest BCUT2D eigenvalue weighted by Crippen LogP contribution is 2.32. The van der Waals surface area contributed by atoms with Gasteiger partial charge in [-0.15, -0.1) is 37.2 Å². The first kappa shape index (κ1) is 26.2. The first-order valence-electron chi connectivity index (χ1n) is 10.1. The molecule has 6 nitrogen and oxygen atoms in total. The maximum Gasteiger partial charge on any atom is 0.220 e. The highest BCUT2D eigenvalue weighted by Gasteiger charge is 2.34. The maximum atomic E-state index is 12.3. The number of amides is 1. The largest absolute Gasteiger partial charge is 0.354 e. The second kappa shape index (κ2) is 12.2. The van der Waals surface area contributed by atoms with Crippen molar-refractivity contribution in [2.75, 3.05) is 38.1 Å². The first-order chi connectivity index (χ1) is 12.7. The molecule has 3 fully saturated rings. The van der Waals surface area contributed by atoms with Gasteiger partial charge in [-0.05, 0) is 50.3 Å². The number of piperazine rings is 1. The van der Waals surface area contributed by atoms with Crippen LogP contribution < -0.4 is 15.5 Å². The van der Waals surface area contributed by atoms with Gasteiger partial charge < -0.3 is 20.4 Å². The van der Waals surface area contributed by atoms with Crippen molar-refractivity contribution in [3.05, 3.63) is 23.9 Å². The Hall–Kier alpha value is -0.790. The summed E-state index contributed by atoms with van der Waals surface area (Å²) in [6, 6.07) is 5.47. The summed E-state index contributed by atoms with van der Waals surface area (Å²) in [6.07, 6.45) is 7.46. The van der Waals surface area contributed by atoms with Gasteiger partial charge in [0, 0.05) is 57.4 Å². The third-order valence-electron chi connectivity index (χ3n) is 6.17. The van der Waals surface area contributed by atoms with Crippen LogP contribution in [0.2, 0.25) is 0 Å². The van der Waals surface area contributed by atoms with Crippen molar-refractivity contribution in [2.24, 2.45) is 5.92 Å². The van der Waals surface area contributed by atoms with Crippen molar-refractivity contribution >= 4 is 48.9 Å². The molecule has 0 spiro atoms. The predicted octanol–water partition coefficient (Wildman–Crippen LogP) is 2.64. The van der Waals surface area contributed by atoms with E-state index >= 15 is 0 Å². The van der Waals surface area contributed by atoms with E-state index < -0.39 is 0 Å². The lowest BCUT2D eigenvalue weighted by atomic mass is 9.89. The van der Waals surface area contributed by atoms with Crippen LogP contribution >= 0.6 is 37.2 Å². The van der Waals surface area contributed by atoms with Crippen LogP contribution in [0.1, 0.15) is 37.7 Å². The molecule has 0 saturated carbocycles. The number of hydrogen-bond acceptors (Lipinski definition) is 5. The lowest BCUT2D eigenvalue weighted by molar-refractivity contribution is -0.122. The Kier molecular flexibility index (Phi) is 11.0. The standard InChI is InChI=1S/C20H31N5O.3ClH/c1-24-6-8-25(9-7-24)19-5-2-15(13-21-19)14-22-20(26)12-16-10-17-3-4-18(11-16)23-17;;;/h2,5,13,16-18,23H,3-4,6-12,14H2,1H3,(H,22,26);3*1H. The van der Waals surface area contributed by atoms with E-state index in [0.717, 1.165) is 50.4 Å². The summed E-state index contributed by atoms with van der Waals surface area (Å²) in [4.78, 5) is 21.6. The predicted molar refractivity (Wildman–Crippen MR) is 125 cm³/mol. The second-order valence-corrected chi connectivity index (χ2v) is 8.27. The van der Waals surface area contributed by atoms with Crippen molar-refractivity contribution in [3.63, 3.8) is 0 Å². The zero-order valence-electron chi connectivity index (χ0n) is 17.0. The Labute approximate surface area is 192 Å². The number of halogens is 3. The Balaban J connectivity index is 0.00000140. The highest BCUT2D eigenvalue weighted by atomic mass is 35.5. The molecule has 1 amide bonds. The summed E-state index contributed by atoms with van der Waals surface area (Å²) in [5.74, 6) is 1.77. The van der Waals surface area contributed by atoms with Gasteiger partial charge >= 0.3 is 0 Å². The molecule has 3 aliphatic heterocycles. The van der Waals surface area contributed by atoms with Crippen LogP contribution in [0.15, 0.2) is 18.3 Å². The minimum atomic E-state index is 0. The highest BCUT2D eigenvalue weighted by molar-refractivity contribution is 5.86. The number of carbonyl (C=O) groups excluding carboxylic acids is 1. The van der Waals surface area contributed by atoms with E-state index in [2.05, 4.69) is 44.6 Å². The molecule has 9 heteroatoms. The van der Waals surface area contributed by atoms with Crippen molar-refractivity contribution in [1.82, 2.24) is 20.5 Å². The van der Waals surface area contributed by atoms with E-state index in [1.807, 2.05) is 6.20 Å². The van der Waals surface area contributed by atoms with Crippen LogP contribution in [0.5, 0.6) is 0 Å². The number of nitrogens with one attached hydrogen (secondary N) is 2. The van der Waals surface area contributed by atoms with Gasteiger partial charge in [0.1, 0.15) is 5.82 Å². The number of pyridine rings is 1. The molecule has 1 aromatic rings. The summed E-state index contributed by atoms with van der Waals surface area (Å²) in [5, 5.41) is 6.72. The molecular formula is C20H34Cl3N5O. The zero-order chi connectivity index (χ0) is 17.9. The van der Waals surface area contributed by atoms with Gasteiger partial charge in [0.05, 0.1) is 0 Å². The van der Waals surface area contributed by atoms with E-state index in [9.17, 15) is 4.79 Å². The van der Waals surface area contributed by atoms with Crippen molar-refractivity contribution in [2.45, 2.75) is 50.7 Å². The quantitative estimate of drug-likeness (QED) is 0.698. The molecule has 2 N–H and O–H groups in total. The van der Waals surface area contributed by atoms with Gasteiger partial charge in [-0.1, -0.05) is 6.07 Å². The Morgan fingerprint density at radius 3 is 2.34 bits per heavy atom. The van der Waals surface area contributed by atoms with Gasteiger partial charge in [0.15, 0.2) is 0 Å². The molecule has 0 radical (unpaired) electrons. The molecule has 0 aliphatic carbocycles. The fourth-order valence-corrected chi connectivity index (χ4v) is 4.62. The average Bonchev–Trinajstić information content (AvgIpc) is 2.99. The molecule has 0 aromatic carbocycles. The lowest BCUT2D eigenvalue weighted by Crippen LogP contribution is -2.44. The molecule has 1 aromatic heterocycles. The number of aromatic nitrogens is 1. The number of rotatable bonds is 5. The van der Waals surface area contributed by atoms with Crippen LogP contribution in [0.25, 0.3) is 0 Å². The molecule has 4 heterocycles. The molecule has 166 valence electrons. The van der Waals surface area contributed by atoms with Crippen LogP contribution in [0.3, 0.4) is 0 Å². The third-order valence-corrected chi connectivity index (χ3v) is 6.17. The number of fused-ring (bicyclic) bond motifs is 2. The minimum Gasteiger partial charge on any atom is -0.354 e. The fraction of sp³-hybridized carbons (Fsp3) is 0.700. The summed E-state index contributed by atoms with van der Waals surface area (Å²) < 4.78 is 0. The number of piperidine rings is 1. The van der Waals surface area contributed by atoms with Gasteiger partial charge in [0.25, 0.3) is 0 Å². The lowest BCUT2D eigenvalue weighted by Gasteiger charge is -2.33. The SMILES string of the molecule is CN1CCN(c2ccc(CNC(=O)CC3CC4CCC(C3)N4)cn2)CC1.Cl.Cl.Cl. The summed E-state index contributed by atoms with van der Waals surface area (Å²) in [5.41, 5.74) is 1.07. The molecule has 29 heavy (non-hydrogen) atoms. The van der Waals surface area contributed by atoms with Gasteiger partial charge in [-0.2, -0.15) is 0 Å². The number of nitrogens with zero attached hydrogens (tertiary/aromatic N) is 3. The van der Waals surface area contributed by atoms with Crippen molar-refractivity contribution in [3.8, 4) is 0 Å². The number of likely N-dealkylation sites (N-methyl/N-ethyl adjacent to an activating group) is 1. The Morgan fingerprint density at radius 1 is 1.10 bits per heavy atom. The minimum absolute atomic E-state index is 0. The molecule has 2 bridgehead atoms. The molecule has 2 atom stereocenters. The number of carbonyl (C=O) groups is 1. The molecule has 3 saturated heterocycles. The van der Waals surface area contributed by atoms with E-state index in [-0.39, 0.29) is 43.1 Å². The maximum absolute atomic E-state index is 12.3. The average molecular weight is 467 g/mol. The Bertz CT molecular complexity index is 613. The summed E-state index contributed by atoms with van der Waals surface area (Å²) in [7, 11) is 2.16.